The third-order valence-corrected chi connectivity index (χ3v) is 4.34. The minimum atomic E-state index is 0.160. The van der Waals surface area contributed by atoms with Gasteiger partial charge in [0, 0.05) is 25.3 Å². The lowest BCUT2D eigenvalue weighted by molar-refractivity contribution is -0.121. The lowest BCUT2D eigenvalue weighted by atomic mass is 10.1. The van der Waals surface area contributed by atoms with Crippen molar-refractivity contribution in [2.45, 2.75) is 50.6 Å². The lowest BCUT2D eigenvalue weighted by Gasteiger charge is -2.24. The summed E-state index contributed by atoms with van der Waals surface area (Å²) in [6.45, 7) is 2.06. The van der Waals surface area contributed by atoms with Gasteiger partial charge in [0.2, 0.25) is 5.91 Å². The molecule has 0 unspecified atom stereocenters. The predicted octanol–water partition coefficient (Wildman–Crippen LogP) is 1.06. The summed E-state index contributed by atoms with van der Waals surface area (Å²) in [4.78, 5) is 11.9. The van der Waals surface area contributed by atoms with Gasteiger partial charge in [-0.25, -0.2) is 0 Å². The Bertz CT molecular complexity index is 282. The molecule has 0 aromatic heterocycles. The molecular weight excluding hydrogens is 228 g/mol. The van der Waals surface area contributed by atoms with E-state index in [1.807, 2.05) is 0 Å². The van der Waals surface area contributed by atoms with E-state index in [1.54, 1.807) is 0 Å². The van der Waals surface area contributed by atoms with Crippen molar-refractivity contribution >= 4 is 5.91 Å². The average Bonchev–Trinajstić information content (AvgIpc) is 3.25. The van der Waals surface area contributed by atoms with Crippen molar-refractivity contribution in [3.05, 3.63) is 0 Å². The molecule has 0 aromatic rings. The largest absolute Gasteiger partial charge is 0.381 e. The molecule has 2 aliphatic carbocycles. The zero-order valence-corrected chi connectivity index (χ0v) is 11.0. The van der Waals surface area contributed by atoms with Crippen molar-refractivity contribution < 1.29 is 9.53 Å². The fourth-order valence-electron chi connectivity index (χ4n) is 2.96. The van der Waals surface area contributed by atoms with E-state index in [0.29, 0.717) is 18.6 Å². The Kier molecular flexibility index (Phi) is 3.85. The molecule has 2 saturated carbocycles. The van der Waals surface area contributed by atoms with Crippen LogP contribution in [0.15, 0.2) is 0 Å². The van der Waals surface area contributed by atoms with Crippen molar-refractivity contribution in [2.75, 3.05) is 19.8 Å². The molecule has 0 aromatic carbocycles. The van der Waals surface area contributed by atoms with Crippen molar-refractivity contribution in [2.24, 2.45) is 11.8 Å². The van der Waals surface area contributed by atoms with E-state index in [-0.39, 0.29) is 5.91 Å². The topological polar surface area (TPSA) is 50.4 Å². The molecule has 0 spiro atoms. The van der Waals surface area contributed by atoms with Gasteiger partial charge in [0.1, 0.15) is 0 Å². The number of rotatable bonds is 6. The first-order valence-electron chi connectivity index (χ1n) is 7.43. The molecule has 1 heterocycles. The number of amides is 1. The van der Waals surface area contributed by atoms with Gasteiger partial charge in [-0.1, -0.05) is 0 Å². The van der Waals surface area contributed by atoms with Crippen molar-refractivity contribution in [1.82, 2.24) is 10.6 Å². The van der Waals surface area contributed by atoms with Crippen LogP contribution >= 0.6 is 0 Å². The van der Waals surface area contributed by atoms with E-state index in [4.69, 9.17) is 4.74 Å². The number of hydrogen-bond donors (Lipinski definition) is 2. The molecule has 3 aliphatic rings. The summed E-state index contributed by atoms with van der Waals surface area (Å²) in [7, 11) is 0. The fraction of sp³-hybridized carbons (Fsp3) is 0.929. The first-order valence-corrected chi connectivity index (χ1v) is 7.43. The molecule has 2 N–H and O–H groups in total. The molecule has 18 heavy (non-hydrogen) atoms. The van der Waals surface area contributed by atoms with Gasteiger partial charge in [0.25, 0.3) is 0 Å². The van der Waals surface area contributed by atoms with Gasteiger partial charge < -0.3 is 15.4 Å². The highest BCUT2D eigenvalue weighted by Gasteiger charge is 2.41. The molecule has 1 aliphatic heterocycles. The highest BCUT2D eigenvalue weighted by Crippen LogP contribution is 2.44. The number of hydrogen-bond acceptors (Lipinski definition) is 3. The molecule has 4 heteroatoms. The number of carbonyl (C=O) groups is 1. The summed E-state index contributed by atoms with van der Waals surface area (Å²) in [5.74, 6) is 1.87. The van der Waals surface area contributed by atoms with Crippen molar-refractivity contribution in [3.63, 3.8) is 0 Å². The molecule has 1 saturated heterocycles. The van der Waals surface area contributed by atoms with Crippen LogP contribution in [0.4, 0.5) is 0 Å². The smallest absolute Gasteiger partial charge is 0.234 e. The standard InChI is InChI=1S/C14H24N2O2/c17-13(16-12-5-7-18-8-6-12)9-15-14(10-1-2-10)11-3-4-11/h10-12,14-15H,1-9H2,(H,16,17). The maximum Gasteiger partial charge on any atom is 0.234 e. The molecule has 3 fully saturated rings. The van der Waals surface area contributed by atoms with Gasteiger partial charge >= 0.3 is 0 Å². The van der Waals surface area contributed by atoms with Gasteiger partial charge in [-0.3, -0.25) is 4.79 Å². The van der Waals surface area contributed by atoms with Gasteiger partial charge in [-0.2, -0.15) is 0 Å². The van der Waals surface area contributed by atoms with Crippen LogP contribution in [0.5, 0.6) is 0 Å². The highest BCUT2D eigenvalue weighted by atomic mass is 16.5. The zero-order chi connectivity index (χ0) is 12.4. The quantitative estimate of drug-likeness (QED) is 0.743. The van der Waals surface area contributed by atoms with E-state index >= 15 is 0 Å². The van der Waals surface area contributed by atoms with Crippen LogP contribution < -0.4 is 10.6 Å². The van der Waals surface area contributed by atoms with Crippen molar-refractivity contribution in [3.8, 4) is 0 Å². The molecule has 0 atom stereocenters. The summed E-state index contributed by atoms with van der Waals surface area (Å²) >= 11 is 0. The van der Waals surface area contributed by atoms with Gasteiger partial charge in [-0.05, 0) is 50.4 Å². The monoisotopic (exact) mass is 252 g/mol. The van der Waals surface area contributed by atoms with Crippen LogP contribution in [0.2, 0.25) is 0 Å². The Morgan fingerprint density at radius 2 is 1.67 bits per heavy atom. The average molecular weight is 252 g/mol. The minimum Gasteiger partial charge on any atom is -0.381 e. The van der Waals surface area contributed by atoms with E-state index in [1.165, 1.54) is 25.7 Å². The van der Waals surface area contributed by atoms with E-state index < -0.39 is 0 Å². The molecule has 0 bridgehead atoms. The third-order valence-electron chi connectivity index (χ3n) is 4.34. The summed E-state index contributed by atoms with van der Waals surface area (Å²) in [6.07, 6.45) is 7.35. The van der Waals surface area contributed by atoms with E-state index in [9.17, 15) is 4.79 Å². The Balaban J connectivity index is 1.37. The Labute approximate surface area is 109 Å². The van der Waals surface area contributed by atoms with E-state index in [0.717, 1.165) is 37.9 Å². The zero-order valence-electron chi connectivity index (χ0n) is 11.0. The third kappa shape index (κ3) is 3.45. The lowest BCUT2D eigenvalue weighted by Crippen LogP contribution is -2.46. The normalized spacial score (nSPS) is 25.4. The van der Waals surface area contributed by atoms with Crippen LogP contribution in [-0.2, 0) is 9.53 Å². The molecular formula is C14H24N2O2. The van der Waals surface area contributed by atoms with Crippen molar-refractivity contribution in [1.29, 1.82) is 0 Å². The van der Waals surface area contributed by atoms with Crippen LogP contribution in [0.3, 0.4) is 0 Å². The summed E-state index contributed by atoms with van der Waals surface area (Å²) in [6, 6.07) is 0.943. The van der Waals surface area contributed by atoms with Gasteiger partial charge in [-0.15, -0.1) is 0 Å². The maximum absolute atomic E-state index is 11.9. The second-order valence-electron chi connectivity index (χ2n) is 6.04. The summed E-state index contributed by atoms with van der Waals surface area (Å²) in [5.41, 5.74) is 0. The fourth-order valence-corrected chi connectivity index (χ4v) is 2.96. The molecule has 102 valence electrons. The maximum atomic E-state index is 11.9. The number of carbonyl (C=O) groups excluding carboxylic acids is 1. The van der Waals surface area contributed by atoms with E-state index in [2.05, 4.69) is 10.6 Å². The van der Waals surface area contributed by atoms with Gasteiger partial charge in [0.05, 0.1) is 6.54 Å². The second kappa shape index (κ2) is 5.57. The van der Waals surface area contributed by atoms with Crippen LogP contribution in [0, 0.1) is 11.8 Å². The number of nitrogens with one attached hydrogen (secondary N) is 2. The SMILES string of the molecule is O=C(CNC(C1CC1)C1CC1)NC1CCOCC1. The highest BCUT2D eigenvalue weighted by molar-refractivity contribution is 5.78. The van der Waals surface area contributed by atoms with Gasteiger partial charge in [0.15, 0.2) is 0 Å². The van der Waals surface area contributed by atoms with Crippen LogP contribution in [0.1, 0.15) is 38.5 Å². The molecule has 1 amide bonds. The molecule has 3 rings (SSSR count). The second-order valence-corrected chi connectivity index (χ2v) is 6.04. The van der Waals surface area contributed by atoms with Crippen LogP contribution in [-0.4, -0.2) is 37.7 Å². The number of ether oxygens (including phenoxy) is 1. The summed E-state index contributed by atoms with van der Waals surface area (Å²) < 4.78 is 5.29. The first-order chi connectivity index (χ1) is 8.83. The Morgan fingerprint density at radius 3 is 2.22 bits per heavy atom. The Hall–Kier alpha value is -0.610. The summed E-state index contributed by atoms with van der Waals surface area (Å²) in [5, 5.41) is 6.60. The predicted molar refractivity (Wildman–Crippen MR) is 69.2 cm³/mol. The van der Waals surface area contributed by atoms with Crippen LogP contribution in [0.25, 0.3) is 0 Å². The first kappa shape index (κ1) is 12.4. The minimum absolute atomic E-state index is 0.160. The Morgan fingerprint density at radius 1 is 1.06 bits per heavy atom. The molecule has 4 nitrogen and oxygen atoms in total. The molecule has 0 radical (unpaired) electrons.